The highest BCUT2D eigenvalue weighted by atomic mass is 14.5. The standard InChI is InChI=1S/C22H37/c1-2-9-17(10-3-1)19-14-6-7-15-21(19)22-16-8-12-18-11-4-5-13-20(18)22/h17-18,20-22H,1-16H2. The average molecular weight is 302 g/mol. The maximum absolute atomic E-state index is 2.10. The number of fused-ring (bicyclic) bond motifs is 1. The second-order valence-corrected chi connectivity index (χ2v) is 9.07. The van der Waals surface area contributed by atoms with Crippen LogP contribution >= 0.6 is 0 Å². The van der Waals surface area contributed by atoms with Crippen LogP contribution in [0.1, 0.15) is 103 Å². The van der Waals surface area contributed by atoms with Gasteiger partial charge in [-0.2, -0.15) is 0 Å². The molecular formula is C22H37. The summed E-state index contributed by atoms with van der Waals surface area (Å²) in [4.78, 5) is 0. The van der Waals surface area contributed by atoms with Crippen LogP contribution in [0.4, 0.5) is 0 Å². The monoisotopic (exact) mass is 301 g/mol. The van der Waals surface area contributed by atoms with Crippen LogP contribution in [-0.2, 0) is 0 Å². The molecule has 0 aromatic rings. The summed E-state index contributed by atoms with van der Waals surface area (Å²) >= 11 is 0. The molecule has 0 saturated heterocycles. The van der Waals surface area contributed by atoms with Crippen molar-refractivity contribution in [2.45, 2.75) is 103 Å². The third-order valence-corrected chi connectivity index (χ3v) is 7.98. The van der Waals surface area contributed by atoms with Crippen LogP contribution in [0.3, 0.4) is 0 Å². The Morgan fingerprint density at radius 1 is 0.500 bits per heavy atom. The molecule has 4 aliphatic rings. The molecule has 0 amide bonds. The summed E-state index contributed by atoms with van der Waals surface area (Å²) in [5.74, 6) is 7.57. The van der Waals surface area contributed by atoms with Crippen molar-refractivity contribution in [3.8, 4) is 0 Å². The Hall–Kier alpha value is 0. The van der Waals surface area contributed by atoms with Crippen molar-refractivity contribution in [1.82, 2.24) is 0 Å². The van der Waals surface area contributed by atoms with E-state index in [1.165, 1.54) is 44.9 Å². The number of rotatable bonds is 2. The fraction of sp³-hybridized carbons (Fsp3) is 0.955. The van der Waals surface area contributed by atoms with Gasteiger partial charge < -0.3 is 0 Å². The molecule has 0 spiro atoms. The van der Waals surface area contributed by atoms with Gasteiger partial charge in [-0.15, -0.1) is 0 Å². The number of hydrogen-bond acceptors (Lipinski definition) is 0. The summed E-state index contributed by atoms with van der Waals surface area (Å²) in [7, 11) is 0. The smallest absolute Gasteiger partial charge is 0.0176 e. The van der Waals surface area contributed by atoms with Gasteiger partial charge in [0.1, 0.15) is 0 Å². The van der Waals surface area contributed by atoms with Gasteiger partial charge in [0.05, 0.1) is 0 Å². The van der Waals surface area contributed by atoms with Gasteiger partial charge in [0.25, 0.3) is 0 Å². The molecule has 4 fully saturated rings. The van der Waals surface area contributed by atoms with E-state index >= 15 is 0 Å². The molecule has 0 heteroatoms. The molecule has 0 N–H and O–H groups in total. The Labute approximate surface area is 138 Å². The fourth-order valence-corrected chi connectivity index (χ4v) is 7.02. The first kappa shape index (κ1) is 15.5. The van der Waals surface area contributed by atoms with Crippen LogP contribution in [0.2, 0.25) is 0 Å². The van der Waals surface area contributed by atoms with Crippen LogP contribution in [0, 0.1) is 35.5 Å². The molecule has 0 nitrogen and oxygen atoms in total. The van der Waals surface area contributed by atoms with Crippen LogP contribution in [0.25, 0.3) is 0 Å². The Morgan fingerprint density at radius 3 is 2.09 bits per heavy atom. The van der Waals surface area contributed by atoms with Gasteiger partial charge in [0.15, 0.2) is 0 Å². The normalized spacial score (nSPS) is 42.0. The van der Waals surface area contributed by atoms with Gasteiger partial charge in [-0.25, -0.2) is 0 Å². The highest BCUT2D eigenvalue weighted by Gasteiger charge is 2.43. The zero-order valence-electron chi connectivity index (χ0n) is 14.7. The molecule has 0 aromatic carbocycles. The minimum Gasteiger partial charge on any atom is -0.0533 e. The van der Waals surface area contributed by atoms with Gasteiger partial charge in [-0.1, -0.05) is 64.2 Å². The van der Waals surface area contributed by atoms with E-state index in [2.05, 4.69) is 5.92 Å². The minimum atomic E-state index is 1.04. The van der Waals surface area contributed by atoms with E-state index in [0.29, 0.717) is 0 Å². The van der Waals surface area contributed by atoms with Crippen LogP contribution in [0.15, 0.2) is 0 Å². The van der Waals surface area contributed by atoms with Crippen molar-refractivity contribution < 1.29 is 0 Å². The van der Waals surface area contributed by atoms with Crippen LogP contribution < -0.4 is 0 Å². The van der Waals surface area contributed by atoms with Crippen molar-refractivity contribution in [2.75, 3.05) is 0 Å². The molecule has 0 aliphatic heterocycles. The average Bonchev–Trinajstić information content (AvgIpc) is 2.62. The van der Waals surface area contributed by atoms with Gasteiger partial charge in [0, 0.05) is 0 Å². The zero-order chi connectivity index (χ0) is 14.8. The summed E-state index contributed by atoms with van der Waals surface area (Å²) in [5, 5.41) is 0. The van der Waals surface area contributed by atoms with Crippen molar-refractivity contribution in [2.24, 2.45) is 29.6 Å². The van der Waals surface area contributed by atoms with Gasteiger partial charge in [-0.05, 0) is 74.0 Å². The Morgan fingerprint density at radius 2 is 1.18 bits per heavy atom. The molecule has 22 heavy (non-hydrogen) atoms. The lowest BCUT2D eigenvalue weighted by Gasteiger charge is -2.50. The van der Waals surface area contributed by atoms with Crippen molar-refractivity contribution >= 4 is 0 Å². The van der Waals surface area contributed by atoms with Gasteiger partial charge >= 0.3 is 0 Å². The summed E-state index contributed by atoms with van der Waals surface area (Å²) < 4.78 is 0. The van der Waals surface area contributed by atoms with Crippen molar-refractivity contribution in [3.05, 3.63) is 5.92 Å². The predicted octanol–water partition coefficient (Wildman–Crippen LogP) is 6.94. The summed E-state index contributed by atoms with van der Waals surface area (Å²) in [6.45, 7) is 0. The summed E-state index contributed by atoms with van der Waals surface area (Å²) in [6, 6.07) is 0. The second-order valence-electron chi connectivity index (χ2n) is 9.07. The molecule has 0 aromatic heterocycles. The third kappa shape index (κ3) is 3.13. The first-order valence-corrected chi connectivity index (χ1v) is 10.8. The second kappa shape index (κ2) is 7.27. The molecule has 4 atom stereocenters. The Kier molecular flexibility index (Phi) is 5.13. The molecule has 4 aliphatic carbocycles. The van der Waals surface area contributed by atoms with E-state index in [1.54, 1.807) is 57.8 Å². The van der Waals surface area contributed by atoms with Gasteiger partial charge in [-0.3, -0.25) is 0 Å². The highest BCUT2D eigenvalue weighted by Crippen LogP contribution is 2.54. The fourth-order valence-electron chi connectivity index (χ4n) is 7.02. The molecule has 1 radical (unpaired) electrons. The lowest BCUT2D eigenvalue weighted by atomic mass is 9.55. The maximum Gasteiger partial charge on any atom is -0.0176 e. The number of hydrogen-bond donors (Lipinski definition) is 0. The highest BCUT2D eigenvalue weighted by molar-refractivity contribution is 5.08. The van der Waals surface area contributed by atoms with E-state index in [0.717, 1.165) is 29.6 Å². The van der Waals surface area contributed by atoms with E-state index in [4.69, 9.17) is 0 Å². The largest absolute Gasteiger partial charge is 0.0533 e. The maximum atomic E-state index is 2.10. The van der Waals surface area contributed by atoms with E-state index in [9.17, 15) is 0 Å². The van der Waals surface area contributed by atoms with Crippen molar-refractivity contribution in [1.29, 1.82) is 0 Å². The lowest BCUT2D eigenvalue weighted by molar-refractivity contribution is 0.0491. The minimum absolute atomic E-state index is 1.04. The first-order valence-electron chi connectivity index (χ1n) is 10.8. The summed E-state index contributed by atoms with van der Waals surface area (Å²) in [5.41, 5.74) is 0. The van der Waals surface area contributed by atoms with Crippen LogP contribution in [-0.4, -0.2) is 0 Å². The topological polar surface area (TPSA) is 0 Å². The summed E-state index contributed by atoms with van der Waals surface area (Å²) in [6.07, 6.45) is 24.8. The Bertz CT molecular complexity index is 338. The first-order chi connectivity index (χ1) is 10.9. The van der Waals surface area contributed by atoms with Gasteiger partial charge in [0.2, 0.25) is 0 Å². The quantitative estimate of drug-likeness (QED) is 0.518. The third-order valence-electron chi connectivity index (χ3n) is 7.98. The molecule has 4 saturated carbocycles. The SMILES string of the molecule is C1CCC([C]2CCCCC2C2CCCC3CCCCC32)CC1. The Balaban J connectivity index is 1.49. The molecular weight excluding hydrogens is 264 g/mol. The van der Waals surface area contributed by atoms with E-state index in [1.807, 2.05) is 0 Å². The molecule has 125 valence electrons. The van der Waals surface area contributed by atoms with E-state index in [-0.39, 0.29) is 0 Å². The van der Waals surface area contributed by atoms with E-state index < -0.39 is 0 Å². The van der Waals surface area contributed by atoms with Crippen molar-refractivity contribution in [3.63, 3.8) is 0 Å². The predicted molar refractivity (Wildman–Crippen MR) is 94.6 cm³/mol. The zero-order valence-corrected chi connectivity index (χ0v) is 14.7. The molecule has 4 rings (SSSR count). The molecule has 0 bridgehead atoms. The van der Waals surface area contributed by atoms with Crippen LogP contribution in [0.5, 0.6) is 0 Å². The lowest BCUT2D eigenvalue weighted by Crippen LogP contribution is -2.40. The molecule has 4 unspecified atom stereocenters. The molecule has 0 heterocycles.